The van der Waals surface area contributed by atoms with Crippen LogP contribution in [-0.2, 0) is 4.79 Å². The van der Waals surface area contributed by atoms with Gasteiger partial charge >= 0.3 is 0 Å². The summed E-state index contributed by atoms with van der Waals surface area (Å²) in [5, 5.41) is 23.5. The summed E-state index contributed by atoms with van der Waals surface area (Å²) in [6, 6.07) is 9.14. The molecule has 37 heavy (non-hydrogen) atoms. The summed E-state index contributed by atoms with van der Waals surface area (Å²) in [7, 11) is 0. The van der Waals surface area contributed by atoms with E-state index in [9.17, 15) is 9.90 Å². The quantitative estimate of drug-likeness (QED) is 0.393. The molecular weight excluding hydrogens is 468 g/mol. The Morgan fingerprint density at radius 3 is 2.41 bits per heavy atom. The van der Waals surface area contributed by atoms with Crippen molar-refractivity contribution in [2.75, 3.05) is 23.7 Å². The molecule has 190 valence electrons. The number of hydrogen-bond acceptors (Lipinski definition) is 9. The van der Waals surface area contributed by atoms with E-state index >= 15 is 0 Å². The predicted molar refractivity (Wildman–Crippen MR) is 140 cm³/mol. The smallest absolute Gasteiger partial charge is 0.225 e. The summed E-state index contributed by atoms with van der Waals surface area (Å²) in [6.07, 6.45) is 10.7. The number of aldehydes is 1. The Labute approximate surface area is 214 Å². The molecule has 1 aliphatic heterocycles. The number of fused-ring (bicyclic) bond motifs is 1. The zero-order valence-electron chi connectivity index (χ0n) is 20.6. The van der Waals surface area contributed by atoms with Crippen molar-refractivity contribution in [2.24, 2.45) is 5.92 Å². The van der Waals surface area contributed by atoms with Crippen molar-refractivity contribution in [3.8, 4) is 17.0 Å². The molecule has 10 heteroatoms. The Hall–Kier alpha value is -4.08. The van der Waals surface area contributed by atoms with E-state index in [1.165, 1.54) is 5.56 Å². The highest BCUT2D eigenvalue weighted by Gasteiger charge is 2.27. The molecule has 6 rings (SSSR count). The molecule has 4 aromatic rings. The van der Waals surface area contributed by atoms with Crippen LogP contribution in [0.5, 0.6) is 5.75 Å². The summed E-state index contributed by atoms with van der Waals surface area (Å²) >= 11 is 0. The third kappa shape index (κ3) is 4.47. The minimum Gasteiger partial charge on any atom is -0.507 e. The van der Waals surface area contributed by atoms with Crippen LogP contribution in [0, 0.1) is 5.92 Å². The first kappa shape index (κ1) is 23.3. The van der Waals surface area contributed by atoms with Gasteiger partial charge in [0, 0.05) is 37.0 Å². The summed E-state index contributed by atoms with van der Waals surface area (Å²) in [6.45, 7) is 1.61. The summed E-state index contributed by atoms with van der Waals surface area (Å²) in [5.41, 5.74) is 9.94. The molecule has 0 spiro atoms. The van der Waals surface area contributed by atoms with Gasteiger partial charge in [-0.3, -0.25) is 4.68 Å². The van der Waals surface area contributed by atoms with Crippen LogP contribution in [0.25, 0.3) is 22.3 Å². The van der Waals surface area contributed by atoms with Gasteiger partial charge < -0.3 is 20.5 Å². The number of aromatic nitrogens is 6. The van der Waals surface area contributed by atoms with Crippen LogP contribution in [0.4, 0.5) is 11.8 Å². The van der Waals surface area contributed by atoms with Crippen LogP contribution in [0.3, 0.4) is 0 Å². The summed E-state index contributed by atoms with van der Waals surface area (Å²) in [5.74, 6) is 1.92. The second kappa shape index (κ2) is 9.76. The predicted octanol–water partition coefficient (Wildman–Crippen LogP) is 3.89. The number of aromatic hydroxyl groups is 1. The monoisotopic (exact) mass is 498 g/mol. The third-order valence-electron chi connectivity index (χ3n) is 7.85. The number of nitrogens with two attached hydrogens (primary N) is 1. The number of nitrogen functional groups attached to an aromatic ring is 1. The number of anilines is 2. The first-order valence-corrected chi connectivity index (χ1v) is 12.9. The van der Waals surface area contributed by atoms with Gasteiger partial charge in [0.1, 0.15) is 12.0 Å². The number of rotatable bonds is 5. The van der Waals surface area contributed by atoms with Gasteiger partial charge in [-0.15, -0.1) is 10.2 Å². The van der Waals surface area contributed by atoms with Crippen molar-refractivity contribution >= 4 is 29.1 Å². The Kier molecular flexibility index (Phi) is 6.15. The van der Waals surface area contributed by atoms with Crippen LogP contribution >= 0.6 is 0 Å². The van der Waals surface area contributed by atoms with Crippen molar-refractivity contribution in [2.45, 2.75) is 50.5 Å². The van der Waals surface area contributed by atoms with Gasteiger partial charge in [-0.1, -0.05) is 12.1 Å². The van der Waals surface area contributed by atoms with E-state index in [-0.39, 0.29) is 17.7 Å². The van der Waals surface area contributed by atoms with Crippen LogP contribution in [-0.4, -0.2) is 54.4 Å². The third-order valence-corrected chi connectivity index (χ3v) is 7.85. The molecule has 3 aromatic heterocycles. The van der Waals surface area contributed by atoms with Crippen LogP contribution in [0.2, 0.25) is 0 Å². The maximum Gasteiger partial charge on any atom is 0.225 e. The zero-order valence-corrected chi connectivity index (χ0v) is 20.6. The topological polar surface area (TPSA) is 136 Å². The zero-order chi connectivity index (χ0) is 25.4. The van der Waals surface area contributed by atoms with E-state index in [0.717, 1.165) is 69.4 Å². The Morgan fingerprint density at radius 1 is 0.973 bits per heavy atom. The molecule has 3 N–H and O–H groups in total. The highest BCUT2D eigenvalue weighted by atomic mass is 16.3. The Bertz CT molecular complexity index is 1400. The molecule has 10 nitrogen and oxygen atoms in total. The summed E-state index contributed by atoms with van der Waals surface area (Å²) < 4.78 is 1.96. The second-order valence-electron chi connectivity index (χ2n) is 10.1. The van der Waals surface area contributed by atoms with E-state index in [1.807, 2.05) is 35.3 Å². The van der Waals surface area contributed by atoms with Crippen LogP contribution < -0.4 is 10.6 Å². The lowest BCUT2D eigenvalue weighted by Crippen LogP contribution is -2.36. The van der Waals surface area contributed by atoms with Crippen molar-refractivity contribution in [3.05, 3.63) is 48.3 Å². The van der Waals surface area contributed by atoms with Crippen LogP contribution in [0.1, 0.15) is 56.0 Å². The molecule has 0 amide bonds. The molecule has 0 unspecified atom stereocenters. The van der Waals surface area contributed by atoms with Gasteiger partial charge in [0.25, 0.3) is 0 Å². The first-order valence-electron chi connectivity index (χ1n) is 12.9. The Morgan fingerprint density at radius 2 is 1.70 bits per heavy atom. The molecule has 0 bridgehead atoms. The first-order chi connectivity index (χ1) is 18.1. The number of benzene rings is 1. The molecule has 0 radical (unpaired) electrons. The average Bonchev–Trinajstić information content (AvgIpc) is 3.29. The molecule has 4 heterocycles. The standard InChI is InChI=1S/C27H30N8O2/c28-26-25-23(13-22(31-32-25)21-3-1-2-4-24(21)37)35(33-26)20-9-11-34(12-10-20)27-29-14-19(15-30-27)18-7-5-17(16-36)6-8-18/h1-4,13-18,20,37H,5-12H2,(H2,28,33). The highest BCUT2D eigenvalue weighted by Crippen LogP contribution is 2.36. The van der Waals surface area contributed by atoms with Crippen molar-refractivity contribution < 1.29 is 9.90 Å². The van der Waals surface area contributed by atoms with E-state index in [2.05, 4.69) is 30.2 Å². The SMILES string of the molecule is Nc1nn(C2CCN(c3ncc(C4CCC(C=O)CC4)cn3)CC2)c2cc(-c3ccccc3O)nnc12. The van der Waals surface area contributed by atoms with Crippen LogP contribution in [0.15, 0.2) is 42.7 Å². The number of nitrogens with zero attached hydrogens (tertiary/aromatic N) is 7. The number of hydrogen-bond donors (Lipinski definition) is 2. The van der Waals surface area contributed by atoms with Gasteiger partial charge in [0.05, 0.1) is 17.3 Å². The minimum atomic E-state index is 0.156. The van der Waals surface area contributed by atoms with Gasteiger partial charge in [-0.2, -0.15) is 5.10 Å². The molecule has 1 aliphatic carbocycles. The highest BCUT2D eigenvalue weighted by molar-refractivity contribution is 5.87. The fraction of sp³-hybridized carbons (Fsp3) is 0.407. The fourth-order valence-corrected chi connectivity index (χ4v) is 5.66. The van der Waals surface area contributed by atoms with Gasteiger partial charge in [0.2, 0.25) is 5.95 Å². The van der Waals surface area contributed by atoms with E-state index in [1.54, 1.807) is 12.1 Å². The molecule has 1 saturated carbocycles. The largest absolute Gasteiger partial charge is 0.507 e. The molecule has 2 aliphatic rings. The molecule has 1 aromatic carbocycles. The lowest BCUT2D eigenvalue weighted by molar-refractivity contribution is -0.111. The van der Waals surface area contributed by atoms with Gasteiger partial charge in [-0.25, -0.2) is 9.97 Å². The number of carbonyl (C=O) groups excluding carboxylic acids is 1. The number of carbonyl (C=O) groups is 1. The van der Waals surface area contributed by atoms with Crippen molar-refractivity contribution in [1.82, 2.24) is 29.9 Å². The van der Waals surface area contributed by atoms with E-state index in [4.69, 9.17) is 5.73 Å². The maximum absolute atomic E-state index is 11.0. The average molecular weight is 499 g/mol. The van der Waals surface area contributed by atoms with E-state index < -0.39 is 0 Å². The van der Waals surface area contributed by atoms with E-state index in [0.29, 0.717) is 28.5 Å². The molecule has 0 atom stereocenters. The lowest BCUT2D eigenvalue weighted by Gasteiger charge is -2.32. The second-order valence-corrected chi connectivity index (χ2v) is 10.1. The molecular formula is C27H30N8O2. The number of para-hydroxylation sites is 1. The minimum absolute atomic E-state index is 0.156. The number of piperidine rings is 1. The molecule has 1 saturated heterocycles. The fourth-order valence-electron chi connectivity index (χ4n) is 5.66. The lowest BCUT2D eigenvalue weighted by atomic mass is 9.80. The number of phenolic OH excluding ortho intramolecular Hbond substituents is 1. The normalized spacial score (nSPS) is 20.8. The summed E-state index contributed by atoms with van der Waals surface area (Å²) in [4.78, 5) is 22.6. The molecule has 2 fully saturated rings. The van der Waals surface area contributed by atoms with Gasteiger partial charge in [-0.05, 0) is 68.2 Å². The maximum atomic E-state index is 11.0. The van der Waals surface area contributed by atoms with Crippen molar-refractivity contribution in [1.29, 1.82) is 0 Å². The number of phenols is 1. The Balaban J connectivity index is 1.16. The van der Waals surface area contributed by atoms with Gasteiger partial charge in [0.15, 0.2) is 11.3 Å². The van der Waals surface area contributed by atoms with Crippen molar-refractivity contribution in [3.63, 3.8) is 0 Å².